The minimum atomic E-state index is -0.263. The number of amides is 1. The maximum absolute atomic E-state index is 12.6. The van der Waals surface area contributed by atoms with Crippen molar-refractivity contribution >= 4 is 16.9 Å². The van der Waals surface area contributed by atoms with E-state index in [1.807, 2.05) is 37.3 Å². The Balaban J connectivity index is 1.60. The van der Waals surface area contributed by atoms with Gasteiger partial charge in [-0.25, -0.2) is 9.67 Å². The van der Waals surface area contributed by atoms with Gasteiger partial charge < -0.3 is 5.32 Å². The van der Waals surface area contributed by atoms with Gasteiger partial charge in [-0.2, -0.15) is 5.10 Å². The Hall–Kier alpha value is -2.96. The zero-order chi connectivity index (χ0) is 17.4. The summed E-state index contributed by atoms with van der Waals surface area (Å²) in [4.78, 5) is 29.1. The van der Waals surface area contributed by atoms with Gasteiger partial charge in [0, 0.05) is 6.04 Å². The minimum absolute atomic E-state index is 0.0324. The molecule has 1 fully saturated rings. The normalized spacial score (nSPS) is 15.2. The predicted molar refractivity (Wildman–Crippen MR) is 93.5 cm³/mol. The van der Waals surface area contributed by atoms with E-state index >= 15 is 0 Å². The maximum Gasteiger partial charge on any atom is 0.264 e. The zero-order valence-corrected chi connectivity index (χ0v) is 13.9. The molecule has 0 radical (unpaired) electrons. The van der Waals surface area contributed by atoms with Gasteiger partial charge in [0.15, 0.2) is 5.65 Å². The highest BCUT2D eigenvalue weighted by molar-refractivity contribution is 5.78. The first-order valence-electron chi connectivity index (χ1n) is 8.41. The second-order valence-electron chi connectivity index (χ2n) is 6.50. The van der Waals surface area contributed by atoms with Gasteiger partial charge in [0.1, 0.15) is 18.3 Å². The molecule has 0 spiro atoms. The monoisotopic (exact) mass is 337 g/mol. The molecule has 2 heterocycles. The summed E-state index contributed by atoms with van der Waals surface area (Å²) in [5.74, 6) is 0.406. The smallest absolute Gasteiger partial charge is 0.264 e. The van der Waals surface area contributed by atoms with Gasteiger partial charge >= 0.3 is 0 Å². The molecule has 0 unspecified atom stereocenters. The van der Waals surface area contributed by atoms with Crippen molar-refractivity contribution < 1.29 is 4.79 Å². The van der Waals surface area contributed by atoms with Crippen molar-refractivity contribution in [3.8, 4) is 5.69 Å². The molecule has 0 saturated heterocycles. The van der Waals surface area contributed by atoms with Crippen LogP contribution in [0.3, 0.4) is 0 Å². The Kier molecular flexibility index (Phi) is 3.83. The molecular formula is C18H19N5O2. The molecule has 1 atom stereocenters. The van der Waals surface area contributed by atoms with E-state index in [4.69, 9.17) is 0 Å². The van der Waals surface area contributed by atoms with Gasteiger partial charge in [-0.3, -0.25) is 14.2 Å². The van der Waals surface area contributed by atoms with Crippen LogP contribution in [-0.2, 0) is 11.3 Å². The number of benzene rings is 1. The summed E-state index contributed by atoms with van der Waals surface area (Å²) in [6.45, 7) is 1.97. The number of fused-ring (bicyclic) bond motifs is 1. The highest BCUT2D eigenvalue weighted by Gasteiger charge is 2.28. The molecule has 1 aliphatic rings. The largest absolute Gasteiger partial charge is 0.352 e. The predicted octanol–water partition coefficient (Wildman–Crippen LogP) is 1.50. The van der Waals surface area contributed by atoms with Crippen molar-refractivity contribution in [1.29, 1.82) is 0 Å². The molecule has 128 valence electrons. The molecule has 7 nitrogen and oxygen atoms in total. The van der Waals surface area contributed by atoms with Gasteiger partial charge in [-0.1, -0.05) is 18.2 Å². The summed E-state index contributed by atoms with van der Waals surface area (Å²) in [5.41, 5.74) is 1.05. The first-order chi connectivity index (χ1) is 12.1. The molecule has 7 heteroatoms. The number of rotatable bonds is 5. The number of carbonyl (C=O) groups excluding carboxylic acids is 1. The van der Waals surface area contributed by atoms with Crippen molar-refractivity contribution in [2.24, 2.45) is 5.92 Å². The van der Waals surface area contributed by atoms with E-state index in [0.29, 0.717) is 17.0 Å². The summed E-state index contributed by atoms with van der Waals surface area (Å²) < 4.78 is 2.95. The van der Waals surface area contributed by atoms with E-state index in [-0.39, 0.29) is 24.1 Å². The summed E-state index contributed by atoms with van der Waals surface area (Å²) in [5, 5.41) is 7.61. The molecule has 1 aromatic carbocycles. The quantitative estimate of drug-likeness (QED) is 0.765. The van der Waals surface area contributed by atoms with Crippen molar-refractivity contribution in [2.75, 3.05) is 0 Å². The number of hydrogen-bond donors (Lipinski definition) is 1. The number of nitrogens with zero attached hydrogens (tertiary/aromatic N) is 4. The number of nitrogens with one attached hydrogen (secondary N) is 1. The second kappa shape index (κ2) is 6.16. The molecule has 25 heavy (non-hydrogen) atoms. The van der Waals surface area contributed by atoms with Crippen LogP contribution in [0.2, 0.25) is 0 Å². The molecule has 1 amide bonds. The molecular weight excluding hydrogens is 318 g/mol. The van der Waals surface area contributed by atoms with Crippen molar-refractivity contribution in [3.63, 3.8) is 0 Å². The third-order valence-electron chi connectivity index (χ3n) is 4.59. The fourth-order valence-corrected chi connectivity index (χ4v) is 2.99. The third-order valence-corrected chi connectivity index (χ3v) is 4.59. The van der Waals surface area contributed by atoms with Crippen LogP contribution in [0.1, 0.15) is 19.8 Å². The molecule has 3 aromatic rings. The Morgan fingerprint density at radius 2 is 2.08 bits per heavy atom. The van der Waals surface area contributed by atoms with Crippen molar-refractivity contribution in [3.05, 3.63) is 53.2 Å². The lowest BCUT2D eigenvalue weighted by Gasteiger charge is -2.13. The van der Waals surface area contributed by atoms with E-state index in [0.717, 1.165) is 18.5 Å². The molecule has 0 bridgehead atoms. The Bertz CT molecular complexity index is 972. The molecule has 0 aliphatic heterocycles. The molecule has 4 rings (SSSR count). The van der Waals surface area contributed by atoms with Crippen molar-refractivity contribution in [2.45, 2.75) is 32.4 Å². The fraction of sp³-hybridized carbons (Fsp3) is 0.333. The van der Waals surface area contributed by atoms with Crippen LogP contribution in [-0.4, -0.2) is 31.3 Å². The maximum atomic E-state index is 12.6. The fourth-order valence-electron chi connectivity index (χ4n) is 2.99. The Morgan fingerprint density at radius 1 is 1.32 bits per heavy atom. The SMILES string of the molecule is C[C@@H](NC(=O)Cn1cnc2c(cnn2-c2ccccc2)c1=O)C1CC1. The van der Waals surface area contributed by atoms with Crippen LogP contribution in [0.4, 0.5) is 0 Å². The van der Waals surface area contributed by atoms with E-state index in [2.05, 4.69) is 15.4 Å². The summed E-state index contributed by atoms with van der Waals surface area (Å²) in [7, 11) is 0. The molecule has 1 N–H and O–H groups in total. The number of aromatic nitrogens is 4. The standard InChI is InChI=1S/C18H19N5O2/c1-12(13-7-8-13)21-16(24)10-22-11-19-17-15(18(22)25)9-20-23(17)14-5-3-2-4-6-14/h2-6,9,11-13H,7-8,10H2,1H3,(H,21,24)/t12-/m1/s1. The van der Waals surface area contributed by atoms with Gasteiger partial charge in [0.25, 0.3) is 5.56 Å². The van der Waals surface area contributed by atoms with Crippen LogP contribution < -0.4 is 10.9 Å². The summed E-state index contributed by atoms with van der Waals surface area (Å²) in [6.07, 6.45) is 5.23. The summed E-state index contributed by atoms with van der Waals surface area (Å²) in [6, 6.07) is 9.65. The lowest BCUT2D eigenvalue weighted by molar-refractivity contribution is -0.122. The average molecular weight is 337 g/mol. The molecule has 2 aromatic heterocycles. The summed E-state index contributed by atoms with van der Waals surface area (Å²) >= 11 is 0. The lowest BCUT2D eigenvalue weighted by Crippen LogP contribution is -2.38. The first kappa shape index (κ1) is 15.6. The number of carbonyl (C=O) groups is 1. The number of para-hydroxylation sites is 1. The lowest BCUT2D eigenvalue weighted by atomic mass is 10.2. The van der Waals surface area contributed by atoms with Gasteiger partial charge in [0.05, 0.1) is 11.9 Å². The van der Waals surface area contributed by atoms with Crippen molar-refractivity contribution in [1.82, 2.24) is 24.6 Å². The molecule has 1 saturated carbocycles. The first-order valence-corrected chi connectivity index (χ1v) is 8.41. The zero-order valence-electron chi connectivity index (χ0n) is 13.9. The average Bonchev–Trinajstić information content (AvgIpc) is 3.38. The third kappa shape index (κ3) is 3.05. The van der Waals surface area contributed by atoms with Gasteiger partial charge in [-0.05, 0) is 37.8 Å². The topological polar surface area (TPSA) is 81.8 Å². The van der Waals surface area contributed by atoms with Gasteiger partial charge in [-0.15, -0.1) is 0 Å². The Morgan fingerprint density at radius 3 is 2.80 bits per heavy atom. The highest BCUT2D eigenvalue weighted by atomic mass is 16.2. The van der Waals surface area contributed by atoms with Crippen LogP contribution in [0.5, 0.6) is 0 Å². The van der Waals surface area contributed by atoms with E-state index in [9.17, 15) is 9.59 Å². The van der Waals surface area contributed by atoms with Crippen LogP contribution >= 0.6 is 0 Å². The van der Waals surface area contributed by atoms with Gasteiger partial charge in [0.2, 0.25) is 5.91 Å². The van der Waals surface area contributed by atoms with E-state index < -0.39 is 0 Å². The Labute approximate surface area is 144 Å². The van der Waals surface area contributed by atoms with Crippen LogP contribution in [0.15, 0.2) is 47.7 Å². The minimum Gasteiger partial charge on any atom is -0.352 e. The van der Waals surface area contributed by atoms with Crippen LogP contribution in [0, 0.1) is 5.92 Å². The number of hydrogen-bond acceptors (Lipinski definition) is 4. The van der Waals surface area contributed by atoms with E-state index in [1.54, 1.807) is 4.68 Å². The second-order valence-corrected chi connectivity index (χ2v) is 6.50. The van der Waals surface area contributed by atoms with Crippen LogP contribution in [0.25, 0.3) is 16.7 Å². The van der Waals surface area contributed by atoms with E-state index in [1.165, 1.54) is 17.1 Å². The highest BCUT2D eigenvalue weighted by Crippen LogP contribution is 2.32. The molecule has 1 aliphatic carbocycles.